The molecular weight excluding hydrogens is 384 g/mol. The lowest BCUT2D eigenvalue weighted by Gasteiger charge is -2.37. The van der Waals surface area contributed by atoms with E-state index in [9.17, 15) is 14.4 Å². The molecule has 0 aliphatic carbocycles. The van der Waals surface area contributed by atoms with Crippen molar-refractivity contribution in [2.75, 3.05) is 44.2 Å². The highest BCUT2D eigenvalue weighted by Crippen LogP contribution is 2.23. The van der Waals surface area contributed by atoms with Crippen molar-refractivity contribution in [2.45, 2.75) is 13.0 Å². The Hall–Kier alpha value is -3.26. The summed E-state index contributed by atoms with van der Waals surface area (Å²) in [6.07, 6.45) is 1.20. The quantitative estimate of drug-likeness (QED) is 0.528. The van der Waals surface area contributed by atoms with Crippen molar-refractivity contribution >= 4 is 23.6 Å². The molecule has 0 bridgehead atoms. The lowest BCUT2D eigenvalue weighted by Crippen LogP contribution is -2.51. The third-order valence-corrected chi connectivity index (χ3v) is 5.40. The Morgan fingerprint density at radius 3 is 2.17 bits per heavy atom. The molecule has 2 amide bonds. The average Bonchev–Trinajstić information content (AvgIpc) is 2.99. The van der Waals surface area contributed by atoms with Gasteiger partial charge in [0, 0.05) is 45.8 Å². The van der Waals surface area contributed by atoms with Crippen LogP contribution in [0.3, 0.4) is 0 Å². The molecule has 1 unspecified atom stereocenters. The molecule has 2 aromatic rings. The first-order valence-corrected chi connectivity index (χ1v) is 10.0. The van der Waals surface area contributed by atoms with Gasteiger partial charge in [-0.2, -0.15) is 0 Å². The van der Waals surface area contributed by atoms with Gasteiger partial charge in [-0.05, 0) is 24.3 Å². The summed E-state index contributed by atoms with van der Waals surface area (Å²) < 4.78 is 5.47. The first-order chi connectivity index (χ1) is 14.5. The predicted octanol–water partition coefficient (Wildman–Crippen LogP) is 1.43. The molecule has 1 aromatic carbocycles. The third kappa shape index (κ3) is 4.18. The second-order valence-electron chi connectivity index (χ2n) is 7.47. The second-order valence-corrected chi connectivity index (χ2v) is 7.47. The molecule has 8 heteroatoms. The molecule has 1 aromatic heterocycles. The van der Waals surface area contributed by atoms with E-state index in [0.717, 1.165) is 32.0 Å². The molecule has 0 saturated carbocycles. The van der Waals surface area contributed by atoms with Crippen molar-refractivity contribution in [2.24, 2.45) is 0 Å². The van der Waals surface area contributed by atoms with Gasteiger partial charge >= 0.3 is 5.97 Å². The molecule has 2 aliphatic rings. The number of pyridine rings is 1. The SMILES string of the molecule is CC(=O)OC(CN1CCN(c2ccccn2)CC1)CN1C(=O)c2ccccc2C1=O. The lowest BCUT2D eigenvalue weighted by molar-refractivity contribution is -0.147. The van der Waals surface area contributed by atoms with Gasteiger partial charge in [0.05, 0.1) is 17.7 Å². The van der Waals surface area contributed by atoms with E-state index in [4.69, 9.17) is 4.74 Å². The summed E-state index contributed by atoms with van der Waals surface area (Å²) in [5, 5.41) is 0. The van der Waals surface area contributed by atoms with Gasteiger partial charge in [-0.15, -0.1) is 0 Å². The van der Waals surface area contributed by atoms with Crippen molar-refractivity contribution in [3.05, 3.63) is 59.8 Å². The maximum atomic E-state index is 12.7. The molecule has 2 aliphatic heterocycles. The largest absolute Gasteiger partial charge is 0.459 e. The summed E-state index contributed by atoms with van der Waals surface area (Å²) in [4.78, 5) is 46.9. The van der Waals surface area contributed by atoms with Crippen molar-refractivity contribution in [1.82, 2.24) is 14.8 Å². The van der Waals surface area contributed by atoms with Crippen LogP contribution in [0.4, 0.5) is 5.82 Å². The van der Waals surface area contributed by atoms with Crippen LogP contribution in [0, 0.1) is 0 Å². The van der Waals surface area contributed by atoms with Gasteiger partial charge in [-0.25, -0.2) is 4.98 Å². The first kappa shape index (κ1) is 20.0. The normalized spacial score (nSPS) is 17.8. The fourth-order valence-electron chi connectivity index (χ4n) is 3.96. The summed E-state index contributed by atoms with van der Waals surface area (Å²) in [6, 6.07) is 12.6. The first-order valence-electron chi connectivity index (χ1n) is 10.0. The van der Waals surface area contributed by atoms with Crippen molar-refractivity contribution in [1.29, 1.82) is 0 Å². The second kappa shape index (κ2) is 8.62. The van der Waals surface area contributed by atoms with Gasteiger partial charge in [0.1, 0.15) is 11.9 Å². The molecule has 4 rings (SSSR count). The highest BCUT2D eigenvalue weighted by Gasteiger charge is 2.37. The fourth-order valence-corrected chi connectivity index (χ4v) is 3.96. The number of hydrogen-bond acceptors (Lipinski definition) is 7. The van der Waals surface area contributed by atoms with E-state index in [1.165, 1.54) is 11.8 Å². The Morgan fingerprint density at radius 2 is 1.60 bits per heavy atom. The molecule has 0 radical (unpaired) electrons. The van der Waals surface area contributed by atoms with E-state index in [-0.39, 0.29) is 18.4 Å². The molecule has 1 fully saturated rings. The lowest BCUT2D eigenvalue weighted by atomic mass is 10.1. The average molecular weight is 408 g/mol. The van der Waals surface area contributed by atoms with E-state index in [0.29, 0.717) is 17.7 Å². The van der Waals surface area contributed by atoms with Crippen LogP contribution < -0.4 is 4.90 Å². The number of amides is 2. The fraction of sp³-hybridized carbons (Fsp3) is 0.364. The van der Waals surface area contributed by atoms with Crippen LogP contribution in [0.5, 0.6) is 0 Å². The number of benzene rings is 1. The molecule has 0 N–H and O–H groups in total. The van der Waals surface area contributed by atoms with Crippen LogP contribution in [0.25, 0.3) is 0 Å². The van der Waals surface area contributed by atoms with Crippen LogP contribution in [0.15, 0.2) is 48.7 Å². The van der Waals surface area contributed by atoms with Crippen molar-refractivity contribution in [3.63, 3.8) is 0 Å². The smallest absolute Gasteiger partial charge is 0.303 e. The van der Waals surface area contributed by atoms with E-state index < -0.39 is 12.1 Å². The molecule has 0 spiro atoms. The maximum absolute atomic E-state index is 12.7. The number of carbonyl (C=O) groups is 3. The molecule has 1 saturated heterocycles. The predicted molar refractivity (Wildman–Crippen MR) is 110 cm³/mol. The number of hydrogen-bond donors (Lipinski definition) is 0. The molecular formula is C22H24N4O4. The Bertz CT molecular complexity index is 906. The standard InChI is InChI=1S/C22H24N4O4/c1-16(27)30-17(15-26-21(28)18-6-2-3-7-19(18)22(26)29)14-24-10-12-25(13-11-24)20-8-4-5-9-23-20/h2-9,17H,10-15H2,1H3. The number of anilines is 1. The van der Waals surface area contributed by atoms with Gasteiger partial charge in [-0.1, -0.05) is 18.2 Å². The molecule has 8 nitrogen and oxygen atoms in total. The zero-order chi connectivity index (χ0) is 21.1. The summed E-state index contributed by atoms with van der Waals surface area (Å²) >= 11 is 0. The highest BCUT2D eigenvalue weighted by atomic mass is 16.5. The summed E-state index contributed by atoms with van der Waals surface area (Å²) in [5.74, 6) is -0.163. The minimum Gasteiger partial charge on any atom is -0.459 e. The number of carbonyl (C=O) groups excluding carboxylic acids is 3. The van der Waals surface area contributed by atoms with Crippen LogP contribution in [0.1, 0.15) is 27.6 Å². The van der Waals surface area contributed by atoms with Crippen LogP contribution >= 0.6 is 0 Å². The summed E-state index contributed by atoms with van der Waals surface area (Å²) in [5.41, 5.74) is 0.793. The topological polar surface area (TPSA) is 83.1 Å². The van der Waals surface area contributed by atoms with Crippen LogP contribution in [-0.4, -0.2) is 77.9 Å². The molecule has 3 heterocycles. The van der Waals surface area contributed by atoms with E-state index in [2.05, 4.69) is 14.8 Å². The third-order valence-electron chi connectivity index (χ3n) is 5.40. The van der Waals surface area contributed by atoms with Gasteiger partial charge < -0.3 is 9.64 Å². The van der Waals surface area contributed by atoms with Crippen molar-refractivity contribution in [3.8, 4) is 0 Å². The minimum atomic E-state index is -0.578. The van der Waals surface area contributed by atoms with E-state index >= 15 is 0 Å². The molecule has 156 valence electrons. The van der Waals surface area contributed by atoms with Crippen LogP contribution in [0.2, 0.25) is 0 Å². The number of piperazine rings is 1. The highest BCUT2D eigenvalue weighted by molar-refractivity contribution is 6.21. The number of fused-ring (bicyclic) bond motifs is 1. The Morgan fingerprint density at radius 1 is 0.967 bits per heavy atom. The minimum absolute atomic E-state index is 0.0480. The Balaban J connectivity index is 1.39. The number of aromatic nitrogens is 1. The van der Waals surface area contributed by atoms with Gasteiger partial charge in [0.2, 0.25) is 0 Å². The number of ether oxygens (including phenoxy) is 1. The van der Waals surface area contributed by atoms with Gasteiger partial charge in [0.15, 0.2) is 0 Å². The zero-order valence-corrected chi connectivity index (χ0v) is 16.9. The molecule has 30 heavy (non-hydrogen) atoms. The number of imide groups is 1. The van der Waals surface area contributed by atoms with E-state index in [1.54, 1.807) is 30.5 Å². The summed E-state index contributed by atoms with van der Waals surface area (Å²) in [7, 11) is 0. The Labute approximate surface area is 175 Å². The van der Waals surface area contributed by atoms with Gasteiger partial charge in [-0.3, -0.25) is 24.2 Å². The van der Waals surface area contributed by atoms with Gasteiger partial charge in [0.25, 0.3) is 11.8 Å². The van der Waals surface area contributed by atoms with Crippen LogP contribution in [-0.2, 0) is 9.53 Å². The zero-order valence-electron chi connectivity index (χ0n) is 16.9. The van der Waals surface area contributed by atoms with Crippen molar-refractivity contribution < 1.29 is 19.1 Å². The number of nitrogens with zero attached hydrogens (tertiary/aromatic N) is 4. The summed E-state index contributed by atoms with van der Waals surface area (Å²) in [6.45, 7) is 5.00. The monoisotopic (exact) mass is 408 g/mol. The number of esters is 1. The van der Waals surface area contributed by atoms with E-state index in [1.807, 2.05) is 18.2 Å². The molecule has 1 atom stereocenters. The number of rotatable bonds is 6. The maximum Gasteiger partial charge on any atom is 0.303 e. The Kier molecular flexibility index (Phi) is 5.76.